The van der Waals surface area contributed by atoms with Crippen LogP contribution in [0.4, 0.5) is 10.5 Å². The van der Waals surface area contributed by atoms with Gasteiger partial charge in [-0.2, -0.15) is 0 Å². The second-order valence-electron chi connectivity index (χ2n) is 13.4. The van der Waals surface area contributed by atoms with Crippen molar-refractivity contribution in [3.05, 3.63) is 77.6 Å². The Hall–Kier alpha value is -2.85. The van der Waals surface area contributed by atoms with Crippen LogP contribution in [0.3, 0.4) is 0 Å². The van der Waals surface area contributed by atoms with Crippen molar-refractivity contribution in [2.75, 3.05) is 11.1 Å². The number of aliphatic hydroxyl groups excluding tert-OH is 1. The number of thioether (sulfide) groups is 1. The number of imidazole rings is 1. The Balaban J connectivity index is 1.08. The Morgan fingerprint density at radius 3 is 2.42 bits per heavy atom. The van der Waals surface area contributed by atoms with Gasteiger partial charge in [0.2, 0.25) is 0 Å². The minimum atomic E-state index is -0.598. The topological polar surface area (TPSA) is 97.6 Å². The highest BCUT2D eigenvalue weighted by Crippen LogP contribution is 2.55. The minimum Gasteiger partial charge on any atom is -0.392 e. The van der Waals surface area contributed by atoms with Crippen LogP contribution in [0.25, 0.3) is 0 Å². The van der Waals surface area contributed by atoms with E-state index in [0.29, 0.717) is 0 Å². The summed E-state index contributed by atoms with van der Waals surface area (Å²) >= 11 is 1.68. The molecule has 43 heavy (non-hydrogen) atoms. The number of aliphatic hydroxyl groups is 1. The Morgan fingerprint density at radius 1 is 1.05 bits per heavy atom. The Bertz CT molecular complexity index is 1410. The first-order valence-electron chi connectivity index (χ1n) is 15.7. The first kappa shape index (κ1) is 28.9. The highest BCUT2D eigenvalue weighted by atomic mass is 32.2. The molecule has 1 aromatic heterocycles. The molecule has 2 heterocycles. The maximum absolute atomic E-state index is 13.3. The quantitative estimate of drug-likeness (QED) is 0.252. The number of aryl methyl sites for hydroxylation is 1. The van der Waals surface area contributed by atoms with Crippen LogP contribution in [0.1, 0.15) is 74.5 Å². The highest BCUT2D eigenvalue weighted by Gasteiger charge is 2.51. The first-order chi connectivity index (χ1) is 20.9. The zero-order valence-electron chi connectivity index (χ0n) is 24.9. The molecule has 5 aliphatic rings. The fourth-order valence-electron chi connectivity index (χ4n) is 8.39. The van der Waals surface area contributed by atoms with E-state index in [1.807, 2.05) is 72.5 Å². The van der Waals surface area contributed by atoms with E-state index in [2.05, 4.69) is 22.5 Å². The second kappa shape index (κ2) is 11.9. The van der Waals surface area contributed by atoms with Crippen molar-refractivity contribution >= 4 is 23.5 Å². The molecule has 0 spiro atoms. The summed E-state index contributed by atoms with van der Waals surface area (Å²) < 4.78 is 15.3. The maximum Gasteiger partial charge on any atom is 0.319 e. The Labute approximate surface area is 258 Å². The third kappa shape index (κ3) is 6.10. The highest BCUT2D eigenvalue weighted by molar-refractivity contribution is 7.99. The van der Waals surface area contributed by atoms with Crippen LogP contribution in [-0.4, -0.2) is 38.1 Å². The van der Waals surface area contributed by atoms with Crippen molar-refractivity contribution in [1.82, 2.24) is 14.9 Å². The summed E-state index contributed by atoms with van der Waals surface area (Å²) in [5.74, 6) is 3.12. The summed E-state index contributed by atoms with van der Waals surface area (Å²) in [5, 5.41) is 17.0. The molecule has 2 amide bonds. The molecule has 228 valence electrons. The molecular weight excluding hydrogens is 560 g/mol. The summed E-state index contributed by atoms with van der Waals surface area (Å²) in [6, 6.07) is 15.7. The number of benzene rings is 2. The van der Waals surface area contributed by atoms with Crippen LogP contribution in [0.5, 0.6) is 0 Å². The Kier molecular flexibility index (Phi) is 8.01. The van der Waals surface area contributed by atoms with Gasteiger partial charge in [-0.15, -0.1) is 0 Å². The lowest BCUT2D eigenvalue weighted by atomic mass is 9.53. The lowest BCUT2D eigenvalue weighted by Gasteiger charge is -2.56. The van der Waals surface area contributed by atoms with Crippen molar-refractivity contribution in [2.45, 2.75) is 81.2 Å². The van der Waals surface area contributed by atoms with Crippen molar-refractivity contribution in [2.24, 2.45) is 30.7 Å². The molecule has 4 atom stereocenters. The minimum absolute atomic E-state index is 0.00621. The summed E-state index contributed by atoms with van der Waals surface area (Å²) in [6.45, 7) is 2.17. The zero-order valence-corrected chi connectivity index (χ0v) is 25.8. The van der Waals surface area contributed by atoms with E-state index in [1.165, 1.54) is 19.3 Å². The number of carbonyl (C=O) groups excluding carboxylic acids is 1. The molecule has 8 rings (SSSR count). The first-order valence-corrected chi connectivity index (χ1v) is 16.6. The summed E-state index contributed by atoms with van der Waals surface area (Å²) in [4.78, 5) is 17.8. The van der Waals surface area contributed by atoms with Gasteiger partial charge in [0.05, 0.1) is 18.8 Å². The molecule has 4 bridgehead atoms. The average molecular weight is 603 g/mol. The van der Waals surface area contributed by atoms with Crippen LogP contribution in [0.15, 0.2) is 66.1 Å². The summed E-state index contributed by atoms with van der Waals surface area (Å²) in [7, 11) is 2.00. The van der Waals surface area contributed by atoms with Crippen LogP contribution in [0.2, 0.25) is 0 Å². The average Bonchev–Trinajstić information content (AvgIpc) is 3.40. The van der Waals surface area contributed by atoms with Crippen LogP contribution in [0, 0.1) is 23.7 Å². The van der Waals surface area contributed by atoms with Crippen molar-refractivity contribution in [1.29, 1.82) is 0 Å². The molecule has 9 heteroatoms. The molecular formula is C34H42N4O4S. The Morgan fingerprint density at radius 2 is 1.77 bits per heavy atom. The lowest BCUT2D eigenvalue weighted by molar-refractivity contribution is -0.268. The molecule has 4 saturated carbocycles. The van der Waals surface area contributed by atoms with Gasteiger partial charge in [0.1, 0.15) is 0 Å². The third-order valence-electron chi connectivity index (χ3n) is 10.1. The monoisotopic (exact) mass is 602 g/mol. The van der Waals surface area contributed by atoms with Crippen LogP contribution >= 0.6 is 11.8 Å². The van der Waals surface area contributed by atoms with Crippen molar-refractivity contribution < 1.29 is 19.4 Å². The van der Waals surface area contributed by atoms with E-state index in [0.717, 1.165) is 70.3 Å². The second-order valence-corrected chi connectivity index (χ2v) is 14.3. The van der Waals surface area contributed by atoms with E-state index in [9.17, 15) is 9.90 Å². The van der Waals surface area contributed by atoms with Gasteiger partial charge in [-0.1, -0.05) is 55.1 Å². The third-order valence-corrected chi connectivity index (χ3v) is 11.3. The fourth-order valence-corrected chi connectivity index (χ4v) is 9.48. The van der Waals surface area contributed by atoms with Gasteiger partial charge in [0.25, 0.3) is 0 Å². The van der Waals surface area contributed by atoms with Crippen molar-refractivity contribution in [3.8, 4) is 0 Å². The predicted molar refractivity (Wildman–Crippen MR) is 166 cm³/mol. The van der Waals surface area contributed by atoms with Gasteiger partial charge in [-0.25, -0.2) is 9.78 Å². The van der Waals surface area contributed by atoms with Gasteiger partial charge in [0.15, 0.2) is 11.4 Å². The molecule has 1 aliphatic heterocycles. The van der Waals surface area contributed by atoms with Gasteiger partial charge in [0, 0.05) is 47.9 Å². The number of nitrogens with one attached hydrogen (secondary N) is 2. The van der Waals surface area contributed by atoms with E-state index in [-0.39, 0.29) is 36.3 Å². The summed E-state index contributed by atoms with van der Waals surface area (Å²) in [6.07, 6.45) is 10.2. The fraction of sp³-hybridized carbons (Fsp3) is 0.529. The number of hydrogen-bond acceptors (Lipinski definition) is 6. The molecule has 4 unspecified atom stereocenters. The van der Waals surface area contributed by atoms with Gasteiger partial charge in [-0.3, -0.25) is 0 Å². The number of carbonyl (C=O) groups is 1. The number of ether oxygens (including phenoxy) is 2. The number of urea groups is 1. The molecule has 8 nitrogen and oxygen atoms in total. The van der Waals surface area contributed by atoms with E-state index in [4.69, 9.17) is 9.47 Å². The molecule has 5 fully saturated rings. The lowest BCUT2D eigenvalue weighted by Crippen LogP contribution is -2.60. The number of aromatic nitrogens is 2. The smallest absolute Gasteiger partial charge is 0.319 e. The molecule has 3 N–H and O–H groups in total. The number of amides is 2. The molecule has 3 aromatic rings. The zero-order chi connectivity index (χ0) is 29.6. The largest absolute Gasteiger partial charge is 0.392 e. The number of anilines is 1. The summed E-state index contributed by atoms with van der Waals surface area (Å²) in [5.41, 5.74) is 3.47. The molecule has 4 aliphatic carbocycles. The predicted octanol–water partition coefficient (Wildman–Crippen LogP) is 6.59. The van der Waals surface area contributed by atoms with E-state index >= 15 is 0 Å². The molecule has 2 aromatic carbocycles. The van der Waals surface area contributed by atoms with E-state index in [1.54, 1.807) is 11.8 Å². The van der Waals surface area contributed by atoms with Crippen LogP contribution in [-0.2, 0) is 23.1 Å². The SMILES string of the molecule is CC1C(CSc2nccn2C)OC(c2cccc(NC(=O)NC34CC5CC(CC(C5)C3)C4)c2)OC1c1ccc(CO)cc1. The van der Waals surface area contributed by atoms with Gasteiger partial charge < -0.3 is 29.8 Å². The number of rotatable bonds is 8. The van der Waals surface area contributed by atoms with Crippen molar-refractivity contribution in [3.63, 3.8) is 0 Å². The maximum atomic E-state index is 13.3. The number of hydrogen-bond donors (Lipinski definition) is 3. The number of nitrogens with zero attached hydrogens (tertiary/aromatic N) is 2. The van der Waals surface area contributed by atoms with Crippen LogP contribution < -0.4 is 10.6 Å². The van der Waals surface area contributed by atoms with Gasteiger partial charge >= 0.3 is 6.03 Å². The molecule has 0 radical (unpaired) electrons. The normalized spacial score (nSPS) is 33.0. The molecule has 1 saturated heterocycles. The van der Waals surface area contributed by atoms with Gasteiger partial charge in [-0.05, 0) is 79.5 Å². The standard InChI is InChI=1S/C34H42N4O4S/c1-21-29(20-43-33-35-10-11-38(33)2)41-31(42-30(21)26-8-6-22(19-39)7-9-26)27-4-3-5-28(15-27)36-32(40)37-34-16-23-12-24(17-34)14-25(13-23)18-34/h3-11,15,21,23-25,29-31,39H,12-14,16-20H2,1-2H3,(H2,36,37,40). The van der Waals surface area contributed by atoms with E-state index < -0.39 is 6.29 Å².